The van der Waals surface area contributed by atoms with Crippen LogP contribution in [0.4, 0.5) is 0 Å². The minimum absolute atomic E-state index is 0.576. The number of rotatable bonds is 2. The lowest BCUT2D eigenvalue weighted by Crippen LogP contribution is -2.36. The van der Waals surface area contributed by atoms with Gasteiger partial charge in [-0.25, -0.2) is 5.01 Å². The normalized spacial score (nSPS) is 26.3. The Kier molecular flexibility index (Phi) is 2.33. The van der Waals surface area contributed by atoms with E-state index < -0.39 is 0 Å². The van der Waals surface area contributed by atoms with Crippen LogP contribution in [0.1, 0.15) is 20.3 Å². The van der Waals surface area contributed by atoms with Gasteiger partial charge in [0.25, 0.3) is 0 Å². The van der Waals surface area contributed by atoms with Crippen LogP contribution in [0, 0.1) is 0 Å². The zero-order valence-corrected chi connectivity index (χ0v) is 7.04. The summed E-state index contributed by atoms with van der Waals surface area (Å²) in [7, 11) is 2.13. The third kappa shape index (κ3) is 1.32. The van der Waals surface area contributed by atoms with Crippen LogP contribution >= 0.6 is 0 Å². The highest BCUT2D eigenvalue weighted by molar-refractivity contribution is 4.96. The van der Waals surface area contributed by atoms with Crippen molar-refractivity contribution in [2.75, 3.05) is 13.6 Å². The molecular formula is C8H16N2. The van der Waals surface area contributed by atoms with Crippen molar-refractivity contribution in [2.45, 2.75) is 26.3 Å². The maximum Gasteiger partial charge on any atom is 0.0459 e. The van der Waals surface area contributed by atoms with Crippen LogP contribution in [0.2, 0.25) is 0 Å². The van der Waals surface area contributed by atoms with Gasteiger partial charge in [0.2, 0.25) is 0 Å². The molecule has 0 aromatic carbocycles. The highest BCUT2D eigenvalue weighted by atomic mass is 15.6. The van der Waals surface area contributed by atoms with E-state index in [-0.39, 0.29) is 0 Å². The van der Waals surface area contributed by atoms with Gasteiger partial charge in [0.1, 0.15) is 0 Å². The largest absolute Gasteiger partial charge is 0.313 e. The molecule has 0 aromatic rings. The lowest BCUT2D eigenvalue weighted by atomic mass is 10.3. The van der Waals surface area contributed by atoms with Gasteiger partial charge < -0.3 is 5.01 Å². The minimum atomic E-state index is 0.576. The standard InChI is InChI=1S/C8H16N2/c1-4-6-10-7-5-8(2)9(10)3/h5,7-8H,4,6H2,1-3H3/t8-/m0/s1. The monoisotopic (exact) mass is 140 g/mol. The maximum absolute atomic E-state index is 2.25. The Labute approximate surface area is 63.1 Å². The summed E-state index contributed by atoms with van der Waals surface area (Å²) in [6, 6.07) is 0.576. The van der Waals surface area contributed by atoms with E-state index in [0.717, 1.165) is 6.54 Å². The maximum atomic E-state index is 2.25. The number of hydrogen-bond acceptors (Lipinski definition) is 2. The fourth-order valence-corrected chi connectivity index (χ4v) is 1.15. The highest BCUT2D eigenvalue weighted by Gasteiger charge is 2.16. The summed E-state index contributed by atoms with van der Waals surface area (Å²) in [6.45, 7) is 5.54. The molecule has 0 saturated heterocycles. The van der Waals surface area contributed by atoms with Crippen molar-refractivity contribution in [3.63, 3.8) is 0 Å². The number of nitrogens with zero attached hydrogens (tertiary/aromatic N) is 2. The molecule has 0 bridgehead atoms. The van der Waals surface area contributed by atoms with E-state index in [9.17, 15) is 0 Å². The molecule has 0 saturated carbocycles. The van der Waals surface area contributed by atoms with Gasteiger partial charge in [-0.2, -0.15) is 0 Å². The van der Waals surface area contributed by atoms with Crippen LogP contribution in [0.15, 0.2) is 12.3 Å². The molecule has 1 aliphatic heterocycles. The first kappa shape index (κ1) is 7.61. The molecule has 0 fully saturated rings. The predicted molar refractivity (Wildman–Crippen MR) is 43.4 cm³/mol. The topological polar surface area (TPSA) is 6.48 Å². The van der Waals surface area contributed by atoms with Crippen LogP contribution in [0.3, 0.4) is 0 Å². The molecule has 0 N–H and O–H groups in total. The summed E-state index contributed by atoms with van der Waals surface area (Å²) in [6.07, 6.45) is 5.59. The first-order chi connectivity index (χ1) is 4.75. The molecule has 1 atom stereocenters. The third-order valence-electron chi connectivity index (χ3n) is 1.98. The van der Waals surface area contributed by atoms with Gasteiger partial charge in [-0.3, -0.25) is 0 Å². The van der Waals surface area contributed by atoms with Gasteiger partial charge in [0.15, 0.2) is 0 Å². The number of hydrazine groups is 1. The molecule has 0 aromatic heterocycles. The van der Waals surface area contributed by atoms with E-state index in [1.807, 2.05) is 0 Å². The smallest absolute Gasteiger partial charge is 0.0459 e. The van der Waals surface area contributed by atoms with Crippen molar-refractivity contribution in [3.8, 4) is 0 Å². The molecule has 58 valence electrons. The predicted octanol–water partition coefficient (Wildman–Crippen LogP) is 1.46. The Bertz CT molecular complexity index is 131. The van der Waals surface area contributed by atoms with Crippen molar-refractivity contribution >= 4 is 0 Å². The average molecular weight is 140 g/mol. The molecule has 0 unspecified atom stereocenters. The van der Waals surface area contributed by atoms with Gasteiger partial charge >= 0.3 is 0 Å². The Morgan fingerprint density at radius 2 is 2.20 bits per heavy atom. The summed E-state index contributed by atoms with van der Waals surface area (Å²) in [5.74, 6) is 0. The van der Waals surface area contributed by atoms with Gasteiger partial charge in [-0.05, 0) is 19.4 Å². The van der Waals surface area contributed by atoms with Crippen molar-refractivity contribution in [1.29, 1.82) is 0 Å². The molecule has 2 heteroatoms. The van der Waals surface area contributed by atoms with E-state index >= 15 is 0 Å². The second-order valence-electron chi connectivity index (χ2n) is 2.82. The van der Waals surface area contributed by atoms with Crippen LogP contribution < -0.4 is 0 Å². The SMILES string of the molecule is CCCN1C=C[C@H](C)N1C. The summed E-state index contributed by atoms with van der Waals surface area (Å²) in [4.78, 5) is 0. The second kappa shape index (κ2) is 3.06. The summed E-state index contributed by atoms with van der Waals surface area (Å²) in [5, 5.41) is 4.51. The molecule has 0 aliphatic carbocycles. The first-order valence-electron chi connectivity index (χ1n) is 3.93. The van der Waals surface area contributed by atoms with E-state index in [0.29, 0.717) is 6.04 Å². The molecule has 0 radical (unpaired) electrons. The first-order valence-corrected chi connectivity index (χ1v) is 3.93. The highest BCUT2D eigenvalue weighted by Crippen LogP contribution is 2.11. The average Bonchev–Trinajstić information content (AvgIpc) is 2.20. The zero-order chi connectivity index (χ0) is 7.56. The Balaban J connectivity index is 2.41. The molecule has 1 rings (SSSR count). The quantitative estimate of drug-likeness (QED) is 0.573. The lowest BCUT2D eigenvalue weighted by Gasteiger charge is -2.27. The summed E-state index contributed by atoms with van der Waals surface area (Å²) in [5.41, 5.74) is 0. The van der Waals surface area contributed by atoms with Crippen LogP contribution in [0.5, 0.6) is 0 Å². The minimum Gasteiger partial charge on any atom is -0.313 e. The Morgan fingerprint density at radius 3 is 2.60 bits per heavy atom. The van der Waals surface area contributed by atoms with E-state index in [1.165, 1.54) is 6.42 Å². The van der Waals surface area contributed by atoms with Crippen molar-refractivity contribution < 1.29 is 0 Å². The molecule has 1 aliphatic rings. The van der Waals surface area contributed by atoms with E-state index in [4.69, 9.17) is 0 Å². The van der Waals surface area contributed by atoms with Crippen LogP contribution in [-0.4, -0.2) is 29.7 Å². The molecular weight excluding hydrogens is 124 g/mol. The Hall–Kier alpha value is -0.500. The second-order valence-corrected chi connectivity index (χ2v) is 2.82. The van der Waals surface area contributed by atoms with Crippen molar-refractivity contribution in [2.24, 2.45) is 0 Å². The van der Waals surface area contributed by atoms with E-state index in [1.54, 1.807) is 0 Å². The van der Waals surface area contributed by atoms with Crippen molar-refractivity contribution in [3.05, 3.63) is 12.3 Å². The van der Waals surface area contributed by atoms with Crippen LogP contribution in [0.25, 0.3) is 0 Å². The van der Waals surface area contributed by atoms with Gasteiger partial charge in [0.05, 0.1) is 0 Å². The zero-order valence-electron chi connectivity index (χ0n) is 7.04. The fraction of sp³-hybridized carbons (Fsp3) is 0.750. The lowest BCUT2D eigenvalue weighted by molar-refractivity contribution is 0.0527. The van der Waals surface area contributed by atoms with Gasteiger partial charge in [0, 0.05) is 25.8 Å². The van der Waals surface area contributed by atoms with E-state index in [2.05, 4.69) is 43.2 Å². The van der Waals surface area contributed by atoms with Gasteiger partial charge in [-0.15, -0.1) is 0 Å². The Morgan fingerprint density at radius 1 is 1.50 bits per heavy atom. The fourth-order valence-electron chi connectivity index (χ4n) is 1.15. The molecule has 1 heterocycles. The molecule has 0 amide bonds. The van der Waals surface area contributed by atoms with Crippen molar-refractivity contribution in [1.82, 2.24) is 10.0 Å². The summed E-state index contributed by atoms with van der Waals surface area (Å²) < 4.78 is 0. The number of likely N-dealkylation sites (N-methyl/N-ethyl adjacent to an activating group) is 1. The molecule has 10 heavy (non-hydrogen) atoms. The molecule has 0 spiro atoms. The summed E-state index contributed by atoms with van der Waals surface area (Å²) >= 11 is 0. The molecule has 2 nitrogen and oxygen atoms in total. The van der Waals surface area contributed by atoms with Crippen LogP contribution in [-0.2, 0) is 0 Å². The van der Waals surface area contributed by atoms with Gasteiger partial charge in [-0.1, -0.05) is 6.92 Å². The number of hydrogen-bond donors (Lipinski definition) is 0. The third-order valence-corrected chi connectivity index (χ3v) is 1.98.